The number of rotatable bonds is 8. The van der Waals surface area contributed by atoms with Gasteiger partial charge in [0.2, 0.25) is 0 Å². The van der Waals surface area contributed by atoms with Crippen LogP contribution in [-0.4, -0.2) is 12.3 Å². The van der Waals surface area contributed by atoms with Crippen LogP contribution in [0.4, 0.5) is 5.69 Å². The summed E-state index contributed by atoms with van der Waals surface area (Å²) in [6.07, 6.45) is 5.57. The van der Waals surface area contributed by atoms with Gasteiger partial charge < -0.3 is 4.74 Å². The smallest absolute Gasteiger partial charge is 0.131 e. The summed E-state index contributed by atoms with van der Waals surface area (Å²) in [5.74, 6) is 1.53. The monoisotopic (exact) mass is 323 g/mol. The Balaban J connectivity index is 2.40. The van der Waals surface area contributed by atoms with E-state index in [0.29, 0.717) is 5.92 Å². The Hall–Kier alpha value is -2.09. The molecule has 0 aliphatic rings. The molecule has 2 rings (SSSR count). The Morgan fingerprint density at radius 1 is 1.00 bits per heavy atom. The molecule has 2 aromatic carbocycles. The van der Waals surface area contributed by atoms with Crippen molar-refractivity contribution in [3.05, 3.63) is 59.7 Å². The molecule has 0 radical (unpaired) electrons. The highest BCUT2D eigenvalue weighted by atomic mass is 16.5. The first-order valence-electron chi connectivity index (χ1n) is 9.04. The lowest BCUT2D eigenvalue weighted by Gasteiger charge is -2.22. The molecule has 1 unspecified atom stereocenters. The number of benzene rings is 2. The fourth-order valence-electron chi connectivity index (χ4n) is 2.95. The van der Waals surface area contributed by atoms with E-state index in [9.17, 15) is 0 Å². The first kappa shape index (κ1) is 18.3. The van der Waals surface area contributed by atoms with E-state index in [1.807, 2.05) is 36.5 Å². The molecule has 2 aromatic rings. The maximum atomic E-state index is 6.20. The zero-order valence-electron chi connectivity index (χ0n) is 15.3. The van der Waals surface area contributed by atoms with E-state index < -0.39 is 0 Å². The second kappa shape index (κ2) is 9.27. The minimum atomic E-state index is 0.147. The zero-order valence-corrected chi connectivity index (χ0v) is 15.3. The van der Waals surface area contributed by atoms with Gasteiger partial charge in [-0.25, -0.2) is 0 Å². The first-order chi connectivity index (χ1) is 11.7. The van der Waals surface area contributed by atoms with Crippen LogP contribution in [0.1, 0.15) is 64.0 Å². The van der Waals surface area contributed by atoms with Gasteiger partial charge in [-0.1, -0.05) is 50.6 Å². The number of nitrogens with zero attached hydrogens (tertiary/aromatic N) is 1. The van der Waals surface area contributed by atoms with Gasteiger partial charge in [0, 0.05) is 11.8 Å². The van der Waals surface area contributed by atoms with E-state index >= 15 is 0 Å². The fourth-order valence-corrected chi connectivity index (χ4v) is 2.95. The first-order valence-corrected chi connectivity index (χ1v) is 9.04. The molecule has 1 atom stereocenters. The Morgan fingerprint density at radius 2 is 1.75 bits per heavy atom. The van der Waals surface area contributed by atoms with Crippen LogP contribution in [0.3, 0.4) is 0 Å². The maximum Gasteiger partial charge on any atom is 0.131 e. The topological polar surface area (TPSA) is 21.6 Å². The van der Waals surface area contributed by atoms with Gasteiger partial charge in [0.25, 0.3) is 0 Å². The van der Waals surface area contributed by atoms with Crippen molar-refractivity contribution < 1.29 is 4.74 Å². The maximum absolute atomic E-state index is 6.20. The van der Waals surface area contributed by atoms with Crippen molar-refractivity contribution in [3.63, 3.8) is 0 Å². The van der Waals surface area contributed by atoms with Crippen LogP contribution in [0, 0.1) is 0 Å². The molecule has 0 N–H and O–H groups in total. The number of ether oxygens (including phenoxy) is 1. The van der Waals surface area contributed by atoms with Crippen LogP contribution in [0.2, 0.25) is 0 Å². The highest BCUT2D eigenvalue weighted by molar-refractivity contribution is 5.86. The van der Waals surface area contributed by atoms with E-state index in [1.54, 1.807) is 0 Å². The lowest BCUT2D eigenvalue weighted by molar-refractivity contribution is 0.238. The molecular weight excluding hydrogens is 294 g/mol. The van der Waals surface area contributed by atoms with Crippen molar-refractivity contribution in [2.24, 2.45) is 4.99 Å². The quantitative estimate of drug-likeness (QED) is 0.507. The SMILES string of the molecule is CCCC(CC)c1cccc(C=Nc2ccccc2)c1OC(C)C. The summed E-state index contributed by atoms with van der Waals surface area (Å²) in [5, 5.41) is 0. The molecule has 0 spiro atoms. The third-order valence-electron chi connectivity index (χ3n) is 4.11. The number of hydrogen-bond donors (Lipinski definition) is 0. The third kappa shape index (κ3) is 4.95. The van der Waals surface area contributed by atoms with E-state index in [-0.39, 0.29) is 6.10 Å². The largest absolute Gasteiger partial charge is 0.490 e. The molecule has 2 nitrogen and oxygen atoms in total. The molecule has 128 valence electrons. The lowest BCUT2D eigenvalue weighted by atomic mass is 9.90. The van der Waals surface area contributed by atoms with E-state index in [4.69, 9.17) is 4.74 Å². The van der Waals surface area contributed by atoms with Crippen molar-refractivity contribution in [2.45, 2.75) is 59.0 Å². The van der Waals surface area contributed by atoms with Gasteiger partial charge in [-0.2, -0.15) is 0 Å². The minimum absolute atomic E-state index is 0.147. The number of aliphatic imine (C=N–C) groups is 1. The Labute approximate surface area is 146 Å². The summed E-state index contributed by atoms with van der Waals surface area (Å²) >= 11 is 0. The average Bonchev–Trinajstić information content (AvgIpc) is 2.59. The van der Waals surface area contributed by atoms with Crippen LogP contribution >= 0.6 is 0 Å². The number of hydrogen-bond acceptors (Lipinski definition) is 2. The summed E-state index contributed by atoms with van der Waals surface area (Å²) in [6, 6.07) is 16.4. The normalized spacial score (nSPS) is 12.7. The Kier molecular flexibility index (Phi) is 7.05. The van der Waals surface area contributed by atoms with Crippen LogP contribution in [0.15, 0.2) is 53.5 Å². The molecule has 24 heavy (non-hydrogen) atoms. The summed E-state index contributed by atoms with van der Waals surface area (Å²) in [5.41, 5.74) is 3.32. The summed E-state index contributed by atoms with van der Waals surface area (Å²) in [6.45, 7) is 8.65. The zero-order chi connectivity index (χ0) is 17.4. The van der Waals surface area contributed by atoms with Crippen molar-refractivity contribution in [2.75, 3.05) is 0 Å². The summed E-state index contributed by atoms with van der Waals surface area (Å²) in [4.78, 5) is 4.61. The minimum Gasteiger partial charge on any atom is -0.490 e. The van der Waals surface area contributed by atoms with E-state index in [1.165, 1.54) is 18.4 Å². The third-order valence-corrected chi connectivity index (χ3v) is 4.11. The van der Waals surface area contributed by atoms with E-state index in [0.717, 1.165) is 23.4 Å². The second-order valence-corrected chi connectivity index (χ2v) is 6.42. The van der Waals surface area contributed by atoms with Crippen molar-refractivity contribution in [1.29, 1.82) is 0 Å². The molecule has 0 bridgehead atoms. The predicted molar refractivity (Wildman–Crippen MR) is 104 cm³/mol. The molecule has 0 amide bonds. The molecule has 0 aliphatic heterocycles. The van der Waals surface area contributed by atoms with Crippen LogP contribution in [0.5, 0.6) is 5.75 Å². The molecule has 0 aliphatic carbocycles. The average molecular weight is 323 g/mol. The van der Waals surface area contributed by atoms with Gasteiger partial charge in [0.05, 0.1) is 11.8 Å². The number of para-hydroxylation sites is 2. The second-order valence-electron chi connectivity index (χ2n) is 6.42. The highest BCUT2D eigenvalue weighted by Crippen LogP contribution is 2.35. The van der Waals surface area contributed by atoms with Gasteiger partial charge in [-0.3, -0.25) is 4.99 Å². The Morgan fingerprint density at radius 3 is 2.38 bits per heavy atom. The summed E-state index contributed by atoms with van der Waals surface area (Å²) < 4.78 is 6.20. The van der Waals surface area contributed by atoms with Crippen LogP contribution in [0.25, 0.3) is 0 Å². The molecule has 0 saturated carbocycles. The lowest BCUT2D eigenvalue weighted by Crippen LogP contribution is -2.11. The highest BCUT2D eigenvalue weighted by Gasteiger charge is 2.17. The van der Waals surface area contributed by atoms with Crippen molar-refractivity contribution in [1.82, 2.24) is 0 Å². The van der Waals surface area contributed by atoms with Gasteiger partial charge in [-0.05, 0) is 56.4 Å². The molecule has 0 fully saturated rings. The van der Waals surface area contributed by atoms with Gasteiger partial charge in [0.15, 0.2) is 0 Å². The van der Waals surface area contributed by atoms with Gasteiger partial charge in [0.1, 0.15) is 5.75 Å². The van der Waals surface area contributed by atoms with Gasteiger partial charge >= 0.3 is 0 Å². The molecule has 0 heterocycles. The molecule has 0 aromatic heterocycles. The fraction of sp³-hybridized carbons (Fsp3) is 0.409. The summed E-state index contributed by atoms with van der Waals surface area (Å²) in [7, 11) is 0. The molecular formula is C22H29NO. The van der Waals surface area contributed by atoms with Crippen molar-refractivity contribution >= 4 is 11.9 Å². The van der Waals surface area contributed by atoms with Crippen LogP contribution < -0.4 is 4.74 Å². The van der Waals surface area contributed by atoms with Crippen LogP contribution in [-0.2, 0) is 0 Å². The molecule has 2 heteroatoms. The standard InChI is InChI=1S/C22H29NO/c1-5-11-18(6-2)21-15-10-12-19(22(21)24-17(3)4)16-23-20-13-8-7-9-14-20/h7-10,12-18H,5-6,11H2,1-4H3. The van der Waals surface area contributed by atoms with Crippen molar-refractivity contribution in [3.8, 4) is 5.75 Å². The predicted octanol–water partition coefficient (Wildman–Crippen LogP) is 6.52. The van der Waals surface area contributed by atoms with Gasteiger partial charge in [-0.15, -0.1) is 0 Å². The molecule has 0 saturated heterocycles. The Bertz CT molecular complexity index is 646. The van der Waals surface area contributed by atoms with E-state index in [2.05, 4.69) is 50.9 Å².